The molecule has 0 aliphatic carbocycles. The number of hydrogen-bond acceptors (Lipinski definition) is 4. The first-order valence-corrected chi connectivity index (χ1v) is 6.89. The molecular weight excluding hydrogens is 270 g/mol. The molecule has 7 nitrogen and oxygen atoms in total. The van der Waals surface area contributed by atoms with Crippen molar-refractivity contribution in [3.05, 3.63) is 11.6 Å². The number of amides is 2. The number of nitrogens with one attached hydrogen (secondary N) is 2. The largest absolute Gasteiger partial charge is 0.350 e. The van der Waals surface area contributed by atoms with Gasteiger partial charge in [-0.05, 0) is 20.8 Å². The second-order valence-corrected chi connectivity index (χ2v) is 7.22. The quantitative estimate of drug-likeness (QED) is 0.873. The zero-order valence-corrected chi connectivity index (χ0v) is 13.9. The van der Waals surface area contributed by atoms with E-state index in [1.54, 1.807) is 7.05 Å². The lowest BCUT2D eigenvalue weighted by Gasteiger charge is -2.22. The van der Waals surface area contributed by atoms with Crippen LogP contribution in [0.25, 0.3) is 0 Å². The van der Waals surface area contributed by atoms with Crippen LogP contribution in [-0.4, -0.2) is 51.0 Å². The lowest BCUT2D eigenvalue weighted by atomic mass is 9.96. The van der Waals surface area contributed by atoms with Crippen LogP contribution in [0.4, 0.5) is 0 Å². The lowest BCUT2D eigenvalue weighted by Crippen LogP contribution is -2.46. The number of carbonyl (C=O) groups is 2. The summed E-state index contributed by atoms with van der Waals surface area (Å²) in [6.07, 6.45) is 0. The van der Waals surface area contributed by atoms with Gasteiger partial charge in [0.1, 0.15) is 5.82 Å². The van der Waals surface area contributed by atoms with Crippen molar-refractivity contribution in [2.45, 2.75) is 52.5 Å². The summed E-state index contributed by atoms with van der Waals surface area (Å²) in [5, 5.41) is 9.49. The molecule has 0 bridgehead atoms. The van der Waals surface area contributed by atoms with Gasteiger partial charge in [-0.25, -0.2) is 4.98 Å². The molecule has 1 aromatic rings. The molecule has 1 aromatic heterocycles. The van der Waals surface area contributed by atoms with Crippen molar-refractivity contribution in [1.29, 1.82) is 0 Å². The second-order valence-electron chi connectivity index (χ2n) is 7.22. The van der Waals surface area contributed by atoms with E-state index in [4.69, 9.17) is 0 Å². The van der Waals surface area contributed by atoms with E-state index in [1.165, 1.54) is 4.90 Å². The fourth-order valence-electron chi connectivity index (χ4n) is 1.61. The van der Waals surface area contributed by atoms with Crippen LogP contribution in [-0.2, 0) is 10.2 Å². The molecule has 118 valence electrons. The van der Waals surface area contributed by atoms with E-state index < -0.39 is 0 Å². The zero-order chi connectivity index (χ0) is 16.4. The molecule has 2 N–H and O–H groups in total. The Kier molecular flexibility index (Phi) is 4.76. The maximum Gasteiger partial charge on any atom is 0.293 e. The highest BCUT2D eigenvalue weighted by Gasteiger charge is 2.24. The van der Waals surface area contributed by atoms with Crippen LogP contribution in [0, 0.1) is 0 Å². The Bertz CT molecular complexity index is 522. The molecule has 0 fully saturated rings. The molecule has 0 saturated carbocycles. The average Bonchev–Trinajstić information content (AvgIpc) is 2.73. The SMILES string of the molecule is CN(CC(=O)NC(C)(C)C)C(=O)c1n[nH]c(C(C)(C)C)n1. The van der Waals surface area contributed by atoms with Crippen molar-refractivity contribution in [2.75, 3.05) is 13.6 Å². The third-order valence-corrected chi connectivity index (χ3v) is 2.63. The Balaban J connectivity index is 2.71. The zero-order valence-electron chi connectivity index (χ0n) is 13.9. The van der Waals surface area contributed by atoms with Crippen LogP contribution < -0.4 is 5.32 Å². The molecule has 0 unspecified atom stereocenters. The van der Waals surface area contributed by atoms with Crippen LogP contribution in [0.2, 0.25) is 0 Å². The van der Waals surface area contributed by atoms with Gasteiger partial charge >= 0.3 is 0 Å². The highest BCUT2D eigenvalue weighted by molar-refractivity contribution is 5.93. The fourth-order valence-corrected chi connectivity index (χ4v) is 1.61. The van der Waals surface area contributed by atoms with Gasteiger partial charge in [-0.2, -0.15) is 0 Å². The molecule has 0 radical (unpaired) electrons. The molecule has 1 rings (SSSR count). The summed E-state index contributed by atoms with van der Waals surface area (Å²) < 4.78 is 0. The van der Waals surface area contributed by atoms with Crippen molar-refractivity contribution in [3.63, 3.8) is 0 Å². The monoisotopic (exact) mass is 295 g/mol. The highest BCUT2D eigenvalue weighted by atomic mass is 16.2. The average molecular weight is 295 g/mol. The Labute approximate surface area is 125 Å². The molecular formula is C14H25N5O2. The van der Waals surface area contributed by atoms with Gasteiger partial charge in [0, 0.05) is 18.0 Å². The van der Waals surface area contributed by atoms with E-state index in [0.29, 0.717) is 5.82 Å². The molecule has 0 aliphatic rings. The molecule has 0 spiro atoms. The van der Waals surface area contributed by atoms with Crippen molar-refractivity contribution in [3.8, 4) is 0 Å². The van der Waals surface area contributed by atoms with Crippen LogP contribution >= 0.6 is 0 Å². The minimum atomic E-state index is -0.384. The Hall–Kier alpha value is -1.92. The summed E-state index contributed by atoms with van der Waals surface area (Å²) in [5.74, 6) is 0.111. The first-order valence-electron chi connectivity index (χ1n) is 6.89. The number of aromatic amines is 1. The summed E-state index contributed by atoms with van der Waals surface area (Å²) in [4.78, 5) is 29.5. The van der Waals surface area contributed by atoms with Gasteiger partial charge in [0.2, 0.25) is 11.7 Å². The summed E-state index contributed by atoms with van der Waals surface area (Å²) in [5.41, 5.74) is -0.543. The first-order chi connectivity index (χ1) is 9.40. The Morgan fingerprint density at radius 2 is 1.76 bits per heavy atom. The van der Waals surface area contributed by atoms with Gasteiger partial charge in [0.25, 0.3) is 5.91 Å². The van der Waals surface area contributed by atoms with Crippen molar-refractivity contribution in [2.24, 2.45) is 0 Å². The van der Waals surface area contributed by atoms with E-state index in [9.17, 15) is 9.59 Å². The van der Waals surface area contributed by atoms with Gasteiger partial charge in [0.15, 0.2) is 0 Å². The van der Waals surface area contributed by atoms with Gasteiger partial charge in [-0.3, -0.25) is 14.7 Å². The van der Waals surface area contributed by atoms with E-state index in [1.807, 2.05) is 41.5 Å². The standard InChI is InChI=1S/C14H25N5O2/c1-13(2,3)12-15-10(17-18-12)11(21)19(7)8-9(20)16-14(4,5)6/h8H2,1-7H3,(H,16,20)(H,15,17,18). The number of H-pyrrole nitrogens is 1. The fraction of sp³-hybridized carbons (Fsp3) is 0.714. The molecule has 0 saturated heterocycles. The van der Waals surface area contributed by atoms with E-state index in [-0.39, 0.29) is 35.1 Å². The van der Waals surface area contributed by atoms with Gasteiger partial charge in [-0.1, -0.05) is 20.8 Å². The summed E-state index contributed by atoms with van der Waals surface area (Å²) in [6.45, 7) is 11.6. The number of likely N-dealkylation sites (N-methyl/N-ethyl adjacent to an activating group) is 1. The highest BCUT2D eigenvalue weighted by Crippen LogP contribution is 2.17. The van der Waals surface area contributed by atoms with Gasteiger partial charge < -0.3 is 10.2 Å². The van der Waals surface area contributed by atoms with E-state index in [0.717, 1.165) is 0 Å². The van der Waals surface area contributed by atoms with Crippen LogP contribution in [0.3, 0.4) is 0 Å². The summed E-state index contributed by atoms with van der Waals surface area (Å²) >= 11 is 0. The molecule has 2 amide bonds. The van der Waals surface area contributed by atoms with Crippen molar-refractivity contribution >= 4 is 11.8 Å². The predicted octanol–water partition coefficient (Wildman–Crippen LogP) is 1.09. The Morgan fingerprint density at radius 1 is 1.19 bits per heavy atom. The number of carbonyl (C=O) groups excluding carboxylic acids is 2. The van der Waals surface area contributed by atoms with Gasteiger partial charge in [-0.15, -0.1) is 5.10 Å². The third kappa shape index (κ3) is 5.17. The number of aromatic nitrogens is 3. The van der Waals surface area contributed by atoms with Crippen LogP contribution in [0.15, 0.2) is 0 Å². The van der Waals surface area contributed by atoms with E-state index in [2.05, 4.69) is 20.5 Å². The maximum atomic E-state index is 12.2. The molecule has 21 heavy (non-hydrogen) atoms. The number of rotatable bonds is 3. The topological polar surface area (TPSA) is 91.0 Å². The smallest absolute Gasteiger partial charge is 0.293 e. The molecule has 7 heteroatoms. The van der Waals surface area contributed by atoms with Crippen LogP contribution in [0.1, 0.15) is 58.0 Å². The molecule has 0 aliphatic heterocycles. The van der Waals surface area contributed by atoms with E-state index >= 15 is 0 Å². The Morgan fingerprint density at radius 3 is 2.19 bits per heavy atom. The van der Waals surface area contributed by atoms with Crippen molar-refractivity contribution in [1.82, 2.24) is 25.4 Å². The number of nitrogens with zero attached hydrogens (tertiary/aromatic N) is 3. The van der Waals surface area contributed by atoms with Crippen molar-refractivity contribution < 1.29 is 9.59 Å². The minimum absolute atomic E-state index is 0.0322. The lowest BCUT2D eigenvalue weighted by molar-refractivity contribution is -0.122. The van der Waals surface area contributed by atoms with Crippen LogP contribution in [0.5, 0.6) is 0 Å². The normalized spacial score (nSPS) is 12.1. The van der Waals surface area contributed by atoms with Gasteiger partial charge in [0.05, 0.1) is 6.54 Å². The molecule has 1 heterocycles. The maximum absolute atomic E-state index is 12.2. The molecule has 0 atom stereocenters. The summed E-state index contributed by atoms with van der Waals surface area (Å²) in [6, 6.07) is 0. The predicted molar refractivity (Wildman–Crippen MR) is 79.9 cm³/mol. The third-order valence-electron chi connectivity index (χ3n) is 2.63. The molecule has 0 aromatic carbocycles. The second kappa shape index (κ2) is 5.83. The first kappa shape index (κ1) is 17.1. The number of hydrogen-bond donors (Lipinski definition) is 2. The minimum Gasteiger partial charge on any atom is -0.350 e. The summed E-state index contributed by atoms with van der Waals surface area (Å²) in [7, 11) is 1.55.